The van der Waals surface area contributed by atoms with Crippen molar-refractivity contribution in [3.05, 3.63) is 35.7 Å². The molecule has 114 valence electrons. The summed E-state index contributed by atoms with van der Waals surface area (Å²) >= 11 is 0. The van der Waals surface area contributed by atoms with Crippen LogP contribution in [0.15, 0.2) is 24.3 Å². The highest BCUT2D eigenvalue weighted by atomic mass is 16.5. The number of fused-ring (bicyclic) bond motifs is 1. The van der Waals surface area contributed by atoms with Gasteiger partial charge in [-0.25, -0.2) is 4.68 Å². The summed E-state index contributed by atoms with van der Waals surface area (Å²) in [4.78, 5) is 1.93. The van der Waals surface area contributed by atoms with E-state index in [9.17, 15) is 0 Å². The van der Waals surface area contributed by atoms with Gasteiger partial charge in [0.25, 0.3) is 0 Å². The molecule has 0 N–H and O–H groups in total. The predicted molar refractivity (Wildman–Crippen MR) is 87.0 cm³/mol. The number of benzene rings is 1. The average Bonchev–Trinajstić information content (AvgIpc) is 2.86. The molecule has 0 fully saturated rings. The van der Waals surface area contributed by atoms with Crippen LogP contribution in [0.5, 0.6) is 5.75 Å². The van der Waals surface area contributed by atoms with Gasteiger partial charge in [0, 0.05) is 20.2 Å². The summed E-state index contributed by atoms with van der Waals surface area (Å²) in [6, 6.07) is 7.84. The first-order valence-electron chi connectivity index (χ1n) is 7.07. The molecule has 0 aliphatic carbocycles. The zero-order valence-electron chi connectivity index (χ0n) is 13.5. The van der Waals surface area contributed by atoms with E-state index in [0.717, 1.165) is 39.5 Å². The number of aromatic nitrogens is 4. The van der Waals surface area contributed by atoms with Crippen LogP contribution in [0.1, 0.15) is 11.4 Å². The third kappa shape index (κ3) is 2.16. The molecule has 2 aromatic heterocycles. The Morgan fingerprint density at radius 1 is 1.14 bits per heavy atom. The predicted octanol–water partition coefficient (Wildman–Crippen LogP) is 2.51. The second-order valence-corrected chi connectivity index (χ2v) is 5.43. The van der Waals surface area contributed by atoms with Gasteiger partial charge in [-0.15, -0.1) is 5.10 Å². The molecular weight excluding hydrogens is 278 g/mol. The third-order valence-electron chi connectivity index (χ3n) is 3.71. The standard InChI is InChI=1S/C16H19N5O/c1-10-14-11(2)21(12-7-6-8-13(9-12)22-5)19-15(14)16(18-17-10)20(3)4/h6-9H,1-5H3. The molecule has 3 rings (SSSR count). The van der Waals surface area contributed by atoms with Crippen LogP contribution in [0.3, 0.4) is 0 Å². The molecule has 0 atom stereocenters. The summed E-state index contributed by atoms with van der Waals surface area (Å²) in [5, 5.41) is 14.3. The summed E-state index contributed by atoms with van der Waals surface area (Å²) in [7, 11) is 5.55. The van der Waals surface area contributed by atoms with Crippen molar-refractivity contribution in [1.82, 2.24) is 20.0 Å². The molecule has 0 unspecified atom stereocenters. The zero-order valence-corrected chi connectivity index (χ0v) is 13.5. The van der Waals surface area contributed by atoms with Crippen molar-refractivity contribution in [2.45, 2.75) is 13.8 Å². The quantitative estimate of drug-likeness (QED) is 0.743. The van der Waals surface area contributed by atoms with E-state index < -0.39 is 0 Å². The summed E-state index contributed by atoms with van der Waals surface area (Å²) in [5.74, 6) is 1.57. The lowest BCUT2D eigenvalue weighted by Crippen LogP contribution is -2.12. The molecule has 0 amide bonds. The number of methoxy groups -OCH3 is 1. The first-order valence-corrected chi connectivity index (χ1v) is 7.07. The fourth-order valence-corrected chi connectivity index (χ4v) is 2.61. The van der Waals surface area contributed by atoms with Gasteiger partial charge in [0.05, 0.1) is 29.6 Å². The SMILES string of the molecule is COc1cccc(-n2nc3c(N(C)C)nnc(C)c3c2C)c1. The van der Waals surface area contributed by atoms with E-state index in [0.29, 0.717) is 0 Å². The summed E-state index contributed by atoms with van der Waals surface area (Å²) < 4.78 is 7.22. The number of rotatable bonds is 3. The van der Waals surface area contributed by atoms with Crippen molar-refractivity contribution in [3.63, 3.8) is 0 Å². The first-order chi connectivity index (χ1) is 10.5. The third-order valence-corrected chi connectivity index (χ3v) is 3.71. The number of aryl methyl sites for hydroxylation is 2. The van der Waals surface area contributed by atoms with Crippen molar-refractivity contribution >= 4 is 16.7 Å². The fraction of sp³-hybridized carbons (Fsp3) is 0.312. The summed E-state index contributed by atoms with van der Waals surface area (Å²) in [6.07, 6.45) is 0. The van der Waals surface area contributed by atoms with Gasteiger partial charge < -0.3 is 9.64 Å². The molecule has 0 radical (unpaired) electrons. The van der Waals surface area contributed by atoms with Crippen molar-refractivity contribution < 1.29 is 4.74 Å². The van der Waals surface area contributed by atoms with E-state index >= 15 is 0 Å². The average molecular weight is 297 g/mol. The largest absolute Gasteiger partial charge is 0.497 e. The minimum atomic E-state index is 0.769. The molecule has 1 aromatic carbocycles. The van der Waals surface area contributed by atoms with Crippen LogP contribution in [-0.4, -0.2) is 41.2 Å². The number of hydrogen-bond acceptors (Lipinski definition) is 5. The second kappa shape index (κ2) is 5.29. The van der Waals surface area contributed by atoms with Crippen LogP contribution < -0.4 is 9.64 Å². The molecule has 0 saturated heterocycles. The van der Waals surface area contributed by atoms with E-state index in [1.807, 2.05) is 61.8 Å². The van der Waals surface area contributed by atoms with E-state index in [2.05, 4.69) is 10.2 Å². The monoisotopic (exact) mass is 297 g/mol. The van der Waals surface area contributed by atoms with Gasteiger partial charge in [0.15, 0.2) is 5.82 Å². The van der Waals surface area contributed by atoms with Gasteiger partial charge in [-0.2, -0.15) is 10.2 Å². The lowest BCUT2D eigenvalue weighted by atomic mass is 10.2. The van der Waals surface area contributed by atoms with Crippen molar-refractivity contribution in [2.75, 3.05) is 26.1 Å². The second-order valence-electron chi connectivity index (χ2n) is 5.43. The van der Waals surface area contributed by atoms with Gasteiger partial charge in [0.1, 0.15) is 11.3 Å². The molecule has 0 bridgehead atoms. The first kappa shape index (κ1) is 14.3. The van der Waals surface area contributed by atoms with Crippen LogP contribution >= 0.6 is 0 Å². The van der Waals surface area contributed by atoms with Crippen molar-refractivity contribution in [3.8, 4) is 11.4 Å². The summed E-state index contributed by atoms with van der Waals surface area (Å²) in [6.45, 7) is 4.00. The van der Waals surface area contributed by atoms with Crippen molar-refractivity contribution in [1.29, 1.82) is 0 Å². The van der Waals surface area contributed by atoms with Crippen LogP contribution in [0.25, 0.3) is 16.6 Å². The normalized spacial score (nSPS) is 11.0. The Balaban J connectivity index is 2.29. The highest BCUT2D eigenvalue weighted by molar-refractivity contribution is 5.92. The summed E-state index contributed by atoms with van der Waals surface area (Å²) in [5.41, 5.74) is 3.74. The highest BCUT2D eigenvalue weighted by Gasteiger charge is 2.17. The molecular formula is C16H19N5O. The van der Waals surface area contributed by atoms with E-state index in [4.69, 9.17) is 9.84 Å². The van der Waals surface area contributed by atoms with Crippen LogP contribution in [0, 0.1) is 13.8 Å². The minimum Gasteiger partial charge on any atom is -0.497 e. The Morgan fingerprint density at radius 3 is 2.59 bits per heavy atom. The molecule has 2 heterocycles. The van der Waals surface area contributed by atoms with Crippen LogP contribution in [0.4, 0.5) is 5.82 Å². The lowest BCUT2D eigenvalue weighted by Gasteiger charge is -2.10. The molecule has 6 heteroatoms. The fourth-order valence-electron chi connectivity index (χ4n) is 2.61. The Bertz CT molecular complexity index is 838. The minimum absolute atomic E-state index is 0.769. The lowest BCUT2D eigenvalue weighted by molar-refractivity contribution is 0.414. The van der Waals surface area contributed by atoms with Crippen LogP contribution in [0.2, 0.25) is 0 Å². The molecule has 0 spiro atoms. The smallest absolute Gasteiger partial charge is 0.179 e. The Morgan fingerprint density at radius 2 is 1.91 bits per heavy atom. The van der Waals surface area contributed by atoms with Gasteiger partial charge >= 0.3 is 0 Å². The number of nitrogens with zero attached hydrogens (tertiary/aromatic N) is 5. The van der Waals surface area contributed by atoms with Gasteiger partial charge in [0.2, 0.25) is 0 Å². The van der Waals surface area contributed by atoms with Crippen LogP contribution in [-0.2, 0) is 0 Å². The van der Waals surface area contributed by atoms with E-state index in [1.165, 1.54) is 0 Å². The number of ether oxygens (including phenoxy) is 1. The Hall–Kier alpha value is -2.63. The molecule has 0 aliphatic rings. The maximum Gasteiger partial charge on any atom is 0.179 e. The highest BCUT2D eigenvalue weighted by Crippen LogP contribution is 2.29. The van der Waals surface area contributed by atoms with Crippen molar-refractivity contribution in [2.24, 2.45) is 0 Å². The topological polar surface area (TPSA) is 56.1 Å². The molecule has 0 saturated carbocycles. The van der Waals surface area contributed by atoms with E-state index in [1.54, 1.807) is 7.11 Å². The van der Waals surface area contributed by atoms with E-state index in [-0.39, 0.29) is 0 Å². The zero-order chi connectivity index (χ0) is 15.9. The van der Waals surface area contributed by atoms with Gasteiger partial charge in [-0.1, -0.05) is 6.07 Å². The number of hydrogen-bond donors (Lipinski definition) is 0. The maximum atomic E-state index is 5.30. The van der Waals surface area contributed by atoms with Gasteiger partial charge in [-0.3, -0.25) is 0 Å². The molecule has 3 aromatic rings. The maximum absolute atomic E-state index is 5.30. The molecule has 22 heavy (non-hydrogen) atoms. The Kier molecular flexibility index (Phi) is 3.44. The molecule has 0 aliphatic heterocycles. The molecule has 6 nitrogen and oxygen atoms in total. The van der Waals surface area contributed by atoms with Gasteiger partial charge in [-0.05, 0) is 26.0 Å². The number of anilines is 1. The Labute approximate surface area is 129 Å².